The summed E-state index contributed by atoms with van der Waals surface area (Å²) in [5.41, 5.74) is -0.628. The van der Waals surface area contributed by atoms with Crippen LogP contribution >= 0.6 is 0 Å². The molecule has 2 saturated heterocycles. The molecule has 0 N–H and O–H groups in total. The second-order valence-corrected chi connectivity index (χ2v) is 10.1. The fraction of sp³-hybridized carbons (Fsp3) is 0.826. The third-order valence-corrected chi connectivity index (χ3v) is 6.22. The summed E-state index contributed by atoms with van der Waals surface area (Å²) >= 11 is 0. The van der Waals surface area contributed by atoms with Crippen LogP contribution in [0.25, 0.3) is 0 Å². The van der Waals surface area contributed by atoms with E-state index in [0.717, 1.165) is 25.9 Å². The molecule has 0 radical (unpaired) electrons. The molecule has 3 amide bonds. The minimum Gasteiger partial charge on any atom is -0.444 e. The van der Waals surface area contributed by atoms with Gasteiger partial charge in [-0.15, -0.1) is 0 Å². The van der Waals surface area contributed by atoms with E-state index >= 15 is 0 Å². The van der Waals surface area contributed by atoms with Crippen molar-refractivity contribution in [2.45, 2.75) is 90.4 Å². The highest BCUT2D eigenvalue weighted by Gasteiger charge is 2.49. The van der Waals surface area contributed by atoms with Crippen molar-refractivity contribution in [3.63, 3.8) is 0 Å². The number of esters is 1. The van der Waals surface area contributed by atoms with Gasteiger partial charge in [-0.2, -0.15) is 0 Å². The van der Waals surface area contributed by atoms with Crippen molar-refractivity contribution in [2.75, 3.05) is 26.9 Å². The lowest BCUT2D eigenvalue weighted by Gasteiger charge is -2.41. The largest absolute Gasteiger partial charge is 0.444 e. The average Bonchev–Trinajstić information content (AvgIpc) is 3.47. The van der Waals surface area contributed by atoms with Crippen LogP contribution in [0.4, 0.5) is 4.79 Å². The van der Waals surface area contributed by atoms with Gasteiger partial charge < -0.3 is 19.3 Å². The van der Waals surface area contributed by atoms with Gasteiger partial charge in [-0.25, -0.2) is 9.79 Å². The van der Waals surface area contributed by atoms with E-state index in [1.807, 2.05) is 0 Å². The summed E-state index contributed by atoms with van der Waals surface area (Å²) in [6.07, 6.45) is 10.4. The van der Waals surface area contributed by atoms with E-state index in [-0.39, 0.29) is 24.6 Å². The first-order valence-electron chi connectivity index (χ1n) is 11.9. The van der Waals surface area contributed by atoms with Crippen molar-refractivity contribution in [3.8, 4) is 0 Å². The maximum atomic E-state index is 13.1. The van der Waals surface area contributed by atoms with Gasteiger partial charge >= 0.3 is 12.0 Å². The lowest BCUT2D eigenvalue weighted by Crippen LogP contribution is -2.65. The molecule has 3 rings (SSSR count). The van der Waals surface area contributed by atoms with Gasteiger partial charge in [0.2, 0.25) is 0 Å². The summed E-state index contributed by atoms with van der Waals surface area (Å²) in [5.74, 6) is -0.621. The number of likely N-dealkylation sites (N-methyl/N-ethyl adjacent to an activating group) is 1. The third-order valence-electron chi connectivity index (χ3n) is 6.22. The minimum atomic E-state index is -0.652. The summed E-state index contributed by atoms with van der Waals surface area (Å²) < 4.78 is 10.6. The number of hydrogen-bond donors (Lipinski definition) is 0. The van der Waals surface area contributed by atoms with Gasteiger partial charge in [0.25, 0.3) is 5.91 Å². The monoisotopic (exact) mass is 450 g/mol. The summed E-state index contributed by atoms with van der Waals surface area (Å²) in [7, 11) is 1.66. The molecule has 0 aromatic heterocycles. The number of carbonyl (C=O) groups is 3. The molecule has 180 valence electrons. The van der Waals surface area contributed by atoms with Crippen LogP contribution in [0.5, 0.6) is 0 Å². The molecule has 0 aromatic carbocycles. The van der Waals surface area contributed by atoms with E-state index in [1.165, 1.54) is 48.2 Å². The first-order valence-corrected chi connectivity index (χ1v) is 11.9. The van der Waals surface area contributed by atoms with Gasteiger partial charge in [0.05, 0.1) is 24.5 Å². The summed E-state index contributed by atoms with van der Waals surface area (Å²) in [5, 5.41) is 0. The van der Waals surface area contributed by atoms with Crippen LogP contribution in [0, 0.1) is 5.41 Å². The molecule has 2 fully saturated rings. The summed E-state index contributed by atoms with van der Waals surface area (Å²) in [6, 6.07) is -0.967. The Morgan fingerprint density at radius 3 is 2.38 bits per heavy atom. The van der Waals surface area contributed by atoms with Gasteiger partial charge in [0.15, 0.2) is 18.9 Å². The SMILES string of the molecule is CN1C(=O)N(CCCCCCCCCC2CO2)C(=O)C2C1N=CN2COC(=O)C(C)(C)C. The van der Waals surface area contributed by atoms with E-state index in [1.54, 1.807) is 32.7 Å². The fourth-order valence-corrected chi connectivity index (χ4v) is 4.05. The predicted octanol–water partition coefficient (Wildman–Crippen LogP) is 2.99. The van der Waals surface area contributed by atoms with E-state index < -0.39 is 17.6 Å². The highest BCUT2D eigenvalue weighted by molar-refractivity contribution is 6.02. The number of unbranched alkanes of at least 4 members (excludes halogenated alkanes) is 6. The van der Waals surface area contributed by atoms with Crippen LogP contribution in [0.15, 0.2) is 4.99 Å². The van der Waals surface area contributed by atoms with Gasteiger partial charge in [-0.3, -0.25) is 14.5 Å². The first kappa shape index (κ1) is 24.5. The fourth-order valence-electron chi connectivity index (χ4n) is 4.05. The van der Waals surface area contributed by atoms with Crippen molar-refractivity contribution < 1.29 is 23.9 Å². The Labute approximate surface area is 191 Å². The molecule has 32 heavy (non-hydrogen) atoms. The quantitative estimate of drug-likeness (QED) is 0.258. The normalized spacial score (nSPS) is 24.9. The number of imide groups is 1. The number of rotatable bonds is 12. The maximum absolute atomic E-state index is 13.1. The van der Waals surface area contributed by atoms with Crippen LogP contribution in [0.2, 0.25) is 0 Å². The van der Waals surface area contributed by atoms with Crippen molar-refractivity contribution in [1.82, 2.24) is 14.7 Å². The highest BCUT2D eigenvalue weighted by Crippen LogP contribution is 2.26. The van der Waals surface area contributed by atoms with Crippen molar-refractivity contribution in [1.29, 1.82) is 0 Å². The zero-order valence-corrected chi connectivity index (χ0v) is 19.9. The molecule has 0 bridgehead atoms. The maximum Gasteiger partial charge on any atom is 0.328 e. The average molecular weight is 451 g/mol. The molecule has 3 heterocycles. The van der Waals surface area contributed by atoms with E-state index in [4.69, 9.17) is 9.47 Å². The molecule has 3 atom stereocenters. The Balaban J connectivity index is 1.41. The topological polar surface area (TPSA) is 95.1 Å². The molecule has 3 unspecified atom stereocenters. The number of fused-ring (bicyclic) bond motifs is 1. The number of epoxide rings is 1. The van der Waals surface area contributed by atoms with Crippen LogP contribution in [-0.4, -0.2) is 84.2 Å². The highest BCUT2D eigenvalue weighted by atomic mass is 16.6. The second-order valence-electron chi connectivity index (χ2n) is 10.1. The lowest BCUT2D eigenvalue weighted by atomic mass is 9.97. The van der Waals surface area contributed by atoms with Gasteiger partial charge in [-0.05, 0) is 33.6 Å². The first-order chi connectivity index (χ1) is 15.2. The zero-order valence-electron chi connectivity index (χ0n) is 19.9. The van der Waals surface area contributed by atoms with Crippen LogP contribution < -0.4 is 0 Å². The molecule has 0 saturated carbocycles. The Hall–Kier alpha value is -2.16. The second kappa shape index (κ2) is 10.6. The van der Waals surface area contributed by atoms with Crippen molar-refractivity contribution in [2.24, 2.45) is 10.4 Å². The van der Waals surface area contributed by atoms with Gasteiger partial charge in [0, 0.05) is 13.6 Å². The number of hydrogen-bond acceptors (Lipinski definition) is 7. The Kier molecular flexibility index (Phi) is 8.14. The molecular formula is C23H38N4O5. The molecule has 0 aromatic rings. The molecule has 0 spiro atoms. The number of ether oxygens (including phenoxy) is 2. The summed E-state index contributed by atoms with van der Waals surface area (Å²) in [4.78, 5) is 46.7. The van der Waals surface area contributed by atoms with E-state index in [2.05, 4.69) is 4.99 Å². The number of nitrogens with zero attached hydrogens (tertiary/aromatic N) is 4. The Bertz CT molecular complexity index is 716. The van der Waals surface area contributed by atoms with Gasteiger partial charge in [-0.1, -0.05) is 38.5 Å². The zero-order chi connectivity index (χ0) is 23.3. The standard InChI is InChI=1S/C23H38N4O5/c1-23(2,3)21(29)32-16-26-15-24-19-18(26)20(28)27(22(30)25(19)4)13-11-9-7-5-6-8-10-12-17-14-31-17/h15,17-19H,5-14,16H2,1-4H3. The number of aliphatic imine (C=N–C) groups is 1. The van der Waals surface area contributed by atoms with Crippen molar-refractivity contribution in [3.05, 3.63) is 0 Å². The third kappa shape index (κ3) is 6.21. The Morgan fingerprint density at radius 2 is 1.75 bits per heavy atom. The van der Waals surface area contributed by atoms with Crippen molar-refractivity contribution >= 4 is 24.2 Å². The smallest absolute Gasteiger partial charge is 0.328 e. The lowest BCUT2D eigenvalue weighted by molar-refractivity contribution is -0.159. The van der Waals surface area contributed by atoms with Crippen LogP contribution in [-0.2, 0) is 19.1 Å². The predicted molar refractivity (Wildman–Crippen MR) is 120 cm³/mol. The summed E-state index contributed by atoms with van der Waals surface area (Å²) in [6.45, 7) is 6.61. The number of urea groups is 1. The molecule has 3 aliphatic rings. The number of amides is 3. The molecular weight excluding hydrogens is 412 g/mol. The van der Waals surface area contributed by atoms with Crippen LogP contribution in [0.1, 0.15) is 72.1 Å². The van der Waals surface area contributed by atoms with Gasteiger partial charge in [0.1, 0.15) is 0 Å². The van der Waals surface area contributed by atoms with Crippen LogP contribution in [0.3, 0.4) is 0 Å². The molecule has 9 nitrogen and oxygen atoms in total. The number of carbonyl (C=O) groups excluding carboxylic acids is 3. The van der Waals surface area contributed by atoms with E-state index in [9.17, 15) is 14.4 Å². The molecule has 0 aliphatic carbocycles. The molecule has 3 aliphatic heterocycles. The Morgan fingerprint density at radius 1 is 1.12 bits per heavy atom. The molecule has 9 heteroatoms. The minimum absolute atomic E-state index is 0.0603. The van der Waals surface area contributed by atoms with E-state index in [0.29, 0.717) is 12.6 Å².